The van der Waals surface area contributed by atoms with E-state index in [1.165, 1.54) is 18.2 Å². The van der Waals surface area contributed by atoms with Gasteiger partial charge in [-0.2, -0.15) is 18.4 Å². The fourth-order valence-corrected chi connectivity index (χ4v) is 4.80. The molecule has 178 valence electrons. The largest absolute Gasteiger partial charge is 0.417 e. The Morgan fingerprint density at radius 2 is 2.00 bits per heavy atom. The van der Waals surface area contributed by atoms with Crippen LogP contribution in [0.3, 0.4) is 0 Å². The number of hydrogen-bond donors (Lipinski definition) is 1. The first-order valence-corrected chi connectivity index (χ1v) is 11.6. The number of benzene rings is 1. The minimum atomic E-state index is -4.64. The van der Waals surface area contributed by atoms with E-state index >= 15 is 0 Å². The molecule has 1 aromatic carbocycles. The molecule has 34 heavy (non-hydrogen) atoms. The van der Waals surface area contributed by atoms with Crippen LogP contribution < -0.4 is 4.72 Å². The molecular weight excluding hydrogens is 514 g/mol. The predicted octanol–water partition coefficient (Wildman–Crippen LogP) is 5.49. The summed E-state index contributed by atoms with van der Waals surface area (Å²) in [6.45, 7) is 3.79. The smallest absolute Gasteiger partial charge is 0.375 e. The third-order valence-electron chi connectivity index (χ3n) is 4.50. The summed E-state index contributed by atoms with van der Waals surface area (Å²) in [4.78, 5) is 5.38. The van der Waals surface area contributed by atoms with Crippen molar-refractivity contribution < 1.29 is 21.6 Å². The zero-order chi connectivity index (χ0) is 25.3. The van der Waals surface area contributed by atoms with Crippen LogP contribution in [-0.2, 0) is 22.7 Å². The van der Waals surface area contributed by atoms with Crippen molar-refractivity contribution >= 4 is 44.7 Å². The highest BCUT2D eigenvalue weighted by molar-refractivity contribution is 7.92. The molecule has 0 atom stereocenters. The van der Waals surface area contributed by atoms with Crippen molar-refractivity contribution in [2.45, 2.75) is 17.6 Å². The van der Waals surface area contributed by atoms with Crippen LogP contribution in [0, 0.1) is 11.3 Å². The topological polar surface area (TPSA) is 90.5 Å². The average molecular weight is 530 g/mol. The van der Waals surface area contributed by atoms with Gasteiger partial charge in [0.05, 0.1) is 27.4 Å². The van der Waals surface area contributed by atoms with Gasteiger partial charge in [0.25, 0.3) is 10.0 Å². The number of nitrogens with zero attached hydrogens (tertiary/aromatic N) is 4. The number of nitriles is 1. The number of fused-ring (bicyclic) bond motifs is 1. The highest BCUT2D eigenvalue weighted by atomic mass is 35.5. The molecule has 1 N–H and O–H groups in total. The van der Waals surface area contributed by atoms with E-state index in [2.05, 4.69) is 16.3 Å². The lowest BCUT2D eigenvalue weighted by atomic mass is 10.2. The Morgan fingerprint density at radius 3 is 2.62 bits per heavy atom. The molecule has 13 heteroatoms. The van der Waals surface area contributed by atoms with E-state index in [9.17, 15) is 21.6 Å². The number of pyridine rings is 1. The molecule has 0 amide bonds. The number of aromatic nitrogens is 2. The first kappa shape index (κ1) is 25.4. The maximum Gasteiger partial charge on any atom is 0.417 e. The van der Waals surface area contributed by atoms with Crippen molar-refractivity contribution in [1.29, 1.82) is 5.26 Å². The van der Waals surface area contributed by atoms with Crippen LogP contribution in [0.1, 0.15) is 11.1 Å². The van der Waals surface area contributed by atoms with Crippen LogP contribution in [0.4, 0.5) is 19.0 Å². The molecule has 2 heterocycles. The minimum Gasteiger partial charge on any atom is -0.375 e. The molecule has 2 aromatic heterocycles. The molecule has 0 fully saturated rings. The molecule has 7 nitrogen and oxygen atoms in total. The second-order valence-corrected chi connectivity index (χ2v) is 9.58. The standard InChI is InChI=1S/C21H16Cl2F3N5O2S/c1-3-13(8-27)9-30(2)10-14-4-5-16(22)18(6-14)34(32,33)29-19-12-31-11-15(21(24,25)26)7-17(23)20(31)28-19/h3-7,9,11-12,29H,1,10H2,2H3/b13-9+. The van der Waals surface area contributed by atoms with Gasteiger partial charge in [0.15, 0.2) is 11.5 Å². The highest BCUT2D eigenvalue weighted by Gasteiger charge is 2.32. The Morgan fingerprint density at radius 1 is 1.29 bits per heavy atom. The normalized spacial score (nSPS) is 12.4. The number of imidazole rings is 1. The highest BCUT2D eigenvalue weighted by Crippen LogP contribution is 2.33. The Labute approximate surface area is 203 Å². The van der Waals surface area contributed by atoms with Gasteiger partial charge in [0.1, 0.15) is 11.0 Å². The molecule has 0 aliphatic heterocycles. The van der Waals surface area contributed by atoms with Gasteiger partial charge in [0.2, 0.25) is 0 Å². The maximum atomic E-state index is 13.0. The van der Waals surface area contributed by atoms with Crippen molar-refractivity contribution in [2.24, 2.45) is 0 Å². The average Bonchev–Trinajstić information content (AvgIpc) is 3.15. The zero-order valence-corrected chi connectivity index (χ0v) is 19.8. The molecule has 3 rings (SSSR count). The van der Waals surface area contributed by atoms with Crippen LogP contribution >= 0.6 is 23.2 Å². The number of rotatable bonds is 7. The van der Waals surface area contributed by atoms with Crippen LogP contribution in [0.15, 0.2) is 66.0 Å². The molecule has 0 spiro atoms. The van der Waals surface area contributed by atoms with Crippen molar-refractivity contribution in [3.05, 3.63) is 82.3 Å². The van der Waals surface area contributed by atoms with Crippen LogP contribution in [0.5, 0.6) is 0 Å². The van der Waals surface area contributed by atoms with Gasteiger partial charge in [-0.3, -0.25) is 4.72 Å². The SMILES string of the molecule is C=C/C(C#N)=C\N(C)Cc1ccc(Cl)c(S(=O)(=O)Nc2cn3cc(C(F)(F)F)cc(Cl)c3n2)c1. The predicted molar refractivity (Wildman–Crippen MR) is 123 cm³/mol. The number of halogens is 5. The van der Waals surface area contributed by atoms with Gasteiger partial charge in [-0.25, -0.2) is 13.4 Å². The lowest BCUT2D eigenvalue weighted by Crippen LogP contribution is -2.15. The van der Waals surface area contributed by atoms with Gasteiger partial charge in [0, 0.05) is 26.0 Å². The lowest BCUT2D eigenvalue weighted by molar-refractivity contribution is -0.137. The zero-order valence-electron chi connectivity index (χ0n) is 17.4. The van der Waals surface area contributed by atoms with E-state index in [1.807, 2.05) is 6.07 Å². The molecule has 3 aromatic rings. The van der Waals surface area contributed by atoms with E-state index in [-0.39, 0.29) is 33.0 Å². The first-order chi connectivity index (χ1) is 15.8. The Balaban J connectivity index is 1.92. The van der Waals surface area contributed by atoms with Crippen molar-refractivity contribution in [3.63, 3.8) is 0 Å². The monoisotopic (exact) mass is 529 g/mol. The fraction of sp³-hybridized carbons (Fsp3) is 0.143. The van der Waals surface area contributed by atoms with Crippen LogP contribution in [0.25, 0.3) is 5.65 Å². The molecule has 0 aliphatic rings. The summed E-state index contributed by atoms with van der Waals surface area (Å²) < 4.78 is 68.2. The Bertz CT molecular complexity index is 1440. The summed E-state index contributed by atoms with van der Waals surface area (Å²) >= 11 is 12.0. The maximum absolute atomic E-state index is 13.0. The molecule has 0 aliphatic carbocycles. The number of anilines is 1. The van der Waals surface area contributed by atoms with Gasteiger partial charge in [-0.05, 0) is 23.8 Å². The first-order valence-electron chi connectivity index (χ1n) is 9.35. The van der Waals surface area contributed by atoms with Gasteiger partial charge in [-0.15, -0.1) is 0 Å². The van der Waals surface area contributed by atoms with E-state index in [4.69, 9.17) is 28.5 Å². The van der Waals surface area contributed by atoms with Crippen molar-refractivity contribution in [1.82, 2.24) is 14.3 Å². The molecule has 0 unspecified atom stereocenters. The van der Waals surface area contributed by atoms with Crippen LogP contribution in [-0.4, -0.2) is 29.8 Å². The second kappa shape index (κ2) is 9.58. The molecule has 0 saturated heterocycles. The summed E-state index contributed by atoms with van der Waals surface area (Å²) in [6.07, 6.45) is 0.114. The number of hydrogen-bond acceptors (Lipinski definition) is 5. The quantitative estimate of drug-likeness (QED) is 0.323. The van der Waals surface area contributed by atoms with E-state index in [0.29, 0.717) is 17.2 Å². The lowest BCUT2D eigenvalue weighted by Gasteiger charge is -2.16. The molecule has 0 bridgehead atoms. The van der Waals surface area contributed by atoms with Crippen LogP contribution in [0.2, 0.25) is 10.0 Å². The number of nitrogens with one attached hydrogen (secondary N) is 1. The Kier molecular flexibility index (Phi) is 7.16. The summed E-state index contributed by atoms with van der Waals surface area (Å²) in [6, 6.07) is 7.03. The third-order valence-corrected chi connectivity index (χ3v) is 6.61. The Hall–Kier alpha value is -3.20. The number of allylic oxidation sites excluding steroid dienone is 2. The number of sulfonamides is 1. The fourth-order valence-electron chi connectivity index (χ4n) is 3.00. The van der Waals surface area contributed by atoms with Gasteiger partial charge < -0.3 is 9.30 Å². The van der Waals surface area contributed by atoms with Gasteiger partial charge >= 0.3 is 6.18 Å². The molecular formula is C21H16Cl2F3N5O2S. The van der Waals surface area contributed by atoms with Gasteiger partial charge in [-0.1, -0.05) is 41.9 Å². The second-order valence-electron chi connectivity index (χ2n) is 7.12. The van der Waals surface area contributed by atoms with Crippen molar-refractivity contribution in [3.8, 4) is 6.07 Å². The molecule has 0 saturated carbocycles. The summed E-state index contributed by atoms with van der Waals surface area (Å²) in [5, 5.41) is 8.63. The summed E-state index contributed by atoms with van der Waals surface area (Å²) in [7, 11) is -2.57. The summed E-state index contributed by atoms with van der Waals surface area (Å²) in [5.74, 6) is -0.243. The number of alkyl halides is 3. The van der Waals surface area contributed by atoms with E-state index in [0.717, 1.165) is 16.8 Å². The summed E-state index contributed by atoms with van der Waals surface area (Å²) in [5.41, 5.74) is -0.180. The van der Waals surface area contributed by atoms with Crippen molar-refractivity contribution in [2.75, 3.05) is 11.8 Å². The van der Waals surface area contributed by atoms with E-state index < -0.39 is 21.8 Å². The third kappa shape index (κ3) is 5.64. The molecule has 0 radical (unpaired) electrons. The minimum absolute atomic E-state index is 0.0591. The van der Waals surface area contributed by atoms with E-state index in [1.54, 1.807) is 24.2 Å².